The largest absolute Gasteiger partial charge is 0.395 e. The first kappa shape index (κ1) is 20.3. The summed E-state index contributed by atoms with van der Waals surface area (Å²) in [5.41, 5.74) is 4.18. The number of hydrogen-bond donors (Lipinski definition) is 4. The van der Waals surface area contributed by atoms with Gasteiger partial charge in [-0.1, -0.05) is 0 Å². The molecule has 2 fully saturated rings. The molecule has 2 unspecified atom stereocenters. The fraction of sp³-hybridized carbons (Fsp3) is 1.00. The number of nitrogens with two attached hydrogens (primary N) is 1. The van der Waals surface area contributed by atoms with E-state index in [9.17, 15) is 15.1 Å². The monoisotopic (exact) mass is 369 g/mol. The highest BCUT2D eigenvalue weighted by atomic mass is 31.2. The molecule has 5 N–H and O–H groups in total. The minimum Gasteiger partial charge on any atom is -0.395 e. The van der Waals surface area contributed by atoms with Gasteiger partial charge in [-0.15, -0.1) is 0 Å². The second kappa shape index (κ2) is 10.2. The zero-order valence-electron chi connectivity index (χ0n) is 13.7. The second-order valence-corrected chi connectivity index (χ2v) is 6.77. The van der Waals surface area contributed by atoms with Gasteiger partial charge in [0.2, 0.25) is 8.53 Å². The third-order valence-corrected chi connectivity index (χ3v) is 4.63. The first-order chi connectivity index (χ1) is 11.6. The molecule has 24 heavy (non-hydrogen) atoms. The maximum atomic E-state index is 9.98. The summed E-state index contributed by atoms with van der Waals surface area (Å²) in [5.74, 6) is 0. The van der Waals surface area contributed by atoms with Crippen LogP contribution in [0.15, 0.2) is 0 Å². The van der Waals surface area contributed by atoms with Crippen LogP contribution in [0.4, 0.5) is 0 Å². The van der Waals surface area contributed by atoms with Gasteiger partial charge in [0.15, 0.2) is 0 Å². The Hall–Kier alpha value is 0.0300. The minimum absolute atomic E-state index is 0.120. The van der Waals surface area contributed by atoms with Gasteiger partial charge in [-0.3, -0.25) is 15.2 Å². The summed E-state index contributed by atoms with van der Waals surface area (Å²) in [7, 11) is -2.09. The Morgan fingerprint density at radius 1 is 1.04 bits per heavy atom. The smallest absolute Gasteiger partial charge is 0.250 e. The molecular formula is C13H28N3O7P. The topological polar surface area (TPSA) is 130 Å². The molecule has 0 radical (unpaired) electrons. The molecule has 2 atom stereocenters. The van der Waals surface area contributed by atoms with Gasteiger partial charge in [-0.2, -0.15) is 5.06 Å². The molecule has 2 rings (SSSR count). The van der Waals surface area contributed by atoms with Crippen molar-refractivity contribution in [3.8, 4) is 0 Å². The Morgan fingerprint density at radius 2 is 1.58 bits per heavy atom. The zero-order chi connectivity index (χ0) is 17.4. The van der Waals surface area contributed by atoms with Crippen molar-refractivity contribution in [3.63, 3.8) is 0 Å². The van der Waals surface area contributed by atoms with Crippen LogP contribution < -0.4 is 5.50 Å². The molecule has 0 bridgehead atoms. The van der Waals surface area contributed by atoms with Crippen LogP contribution in [0.2, 0.25) is 0 Å². The van der Waals surface area contributed by atoms with Crippen LogP contribution in [0.5, 0.6) is 0 Å². The summed E-state index contributed by atoms with van der Waals surface area (Å²) < 4.78 is 15.8. The number of morpholine rings is 2. The number of aliphatic hydroxyl groups is 2. The molecule has 0 aromatic heterocycles. The quantitative estimate of drug-likeness (QED) is 0.341. The van der Waals surface area contributed by atoms with Crippen LogP contribution in [0, 0.1) is 5.41 Å². The number of hydrogen-bond acceptors (Lipinski definition) is 10. The Labute approximate surface area is 142 Å². The lowest BCUT2D eigenvalue weighted by Gasteiger charge is -2.46. The number of ether oxygens (including phenoxy) is 2. The fourth-order valence-electron chi connectivity index (χ4n) is 2.73. The van der Waals surface area contributed by atoms with E-state index >= 15 is 0 Å². The van der Waals surface area contributed by atoms with Crippen LogP contribution in [0.25, 0.3) is 0 Å². The van der Waals surface area contributed by atoms with Crippen molar-refractivity contribution in [2.45, 2.75) is 6.23 Å². The SMILES string of the molecule is NP(O)OCC(CO)(CO)C(ON1CCOCC1)N1CCOCC1. The molecule has 0 aromatic carbocycles. The van der Waals surface area contributed by atoms with E-state index in [-0.39, 0.29) is 19.8 Å². The van der Waals surface area contributed by atoms with Gasteiger partial charge in [0.25, 0.3) is 0 Å². The van der Waals surface area contributed by atoms with Crippen LogP contribution in [-0.2, 0) is 18.8 Å². The van der Waals surface area contributed by atoms with Gasteiger partial charge in [-0.25, -0.2) is 0 Å². The molecular weight excluding hydrogens is 341 g/mol. The average Bonchev–Trinajstić information content (AvgIpc) is 2.63. The van der Waals surface area contributed by atoms with Gasteiger partial charge in [0, 0.05) is 26.2 Å². The van der Waals surface area contributed by atoms with Crippen molar-refractivity contribution >= 4 is 8.53 Å². The molecule has 2 aliphatic rings. The molecule has 2 heterocycles. The van der Waals surface area contributed by atoms with E-state index in [4.69, 9.17) is 24.3 Å². The third kappa shape index (κ3) is 5.52. The predicted octanol–water partition coefficient (Wildman–Crippen LogP) is -1.93. The Balaban J connectivity index is 2.15. The first-order valence-corrected chi connectivity index (χ1v) is 9.29. The first-order valence-electron chi connectivity index (χ1n) is 8.01. The van der Waals surface area contributed by atoms with E-state index in [1.54, 1.807) is 5.06 Å². The van der Waals surface area contributed by atoms with E-state index in [0.29, 0.717) is 52.6 Å². The molecule has 0 spiro atoms. The van der Waals surface area contributed by atoms with Crippen molar-refractivity contribution in [2.75, 3.05) is 72.4 Å². The highest BCUT2D eigenvalue weighted by Gasteiger charge is 2.45. The van der Waals surface area contributed by atoms with Crippen molar-refractivity contribution in [1.82, 2.24) is 9.96 Å². The van der Waals surface area contributed by atoms with Crippen LogP contribution in [0.3, 0.4) is 0 Å². The molecule has 0 amide bonds. The second-order valence-electron chi connectivity index (χ2n) is 5.90. The van der Waals surface area contributed by atoms with Gasteiger partial charge in [0.1, 0.15) is 6.23 Å². The molecule has 11 heteroatoms. The maximum Gasteiger partial charge on any atom is 0.250 e. The average molecular weight is 369 g/mol. The normalized spacial score (nSPS) is 24.0. The summed E-state index contributed by atoms with van der Waals surface area (Å²) in [6, 6.07) is 0. The Kier molecular flexibility index (Phi) is 8.68. The maximum absolute atomic E-state index is 9.98. The van der Waals surface area contributed by atoms with Crippen molar-refractivity contribution in [1.29, 1.82) is 0 Å². The van der Waals surface area contributed by atoms with E-state index in [1.807, 2.05) is 4.90 Å². The van der Waals surface area contributed by atoms with E-state index in [1.165, 1.54) is 0 Å². The summed E-state index contributed by atoms with van der Waals surface area (Å²) in [6.07, 6.45) is -0.635. The predicted molar refractivity (Wildman–Crippen MR) is 85.5 cm³/mol. The Bertz CT molecular complexity index is 350. The zero-order valence-corrected chi connectivity index (χ0v) is 14.6. The molecule has 142 valence electrons. The number of aliphatic hydroxyl groups excluding tert-OH is 2. The molecule has 2 saturated heterocycles. The lowest BCUT2D eigenvalue weighted by molar-refractivity contribution is -0.307. The van der Waals surface area contributed by atoms with Crippen molar-refractivity contribution < 1.29 is 33.9 Å². The van der Waals surface area contributed by atoms with Crippen LogP contribution >= 0.6 is 8.53 Å². The molecule has 0 aromatic rings. The highest BCUT2D eigenvalue weighted by molar-refractivity contribution is 7.43. The van der Waals surface area contributed by atoms with Gasteiger partial charge in [0.05, 0.1) is 51.7 Å². The summed E-state index contributed by atoms with van der Waals surface area (Å²) in [5, 5.41) is 21.7. The molecule has 0 aliphatic carbocycles. The van der Waals surface area contributed by atoms with E-state index in [0.717, 1.165) is 0 Å². The molecule has 2 aliphatic heterocycles. The summed E-state index contributed by atoms with van der Waals surface area (Å²) >= 11 is 0. The molecule has 10 nitrogen and oxygen atoms in total. The highest BCUT2D eigenvalue weighted by Crippen LogP contribution is 2.33. The summed E-state index contributed by atoms with van der Waals surface area (Å²) in [4.78, 5) is 17.4. The van der Waals surface area contributed by atoms with E-state index < -0.39 is 20.2 Å². The van der Waals surface area contributed by atoms with Crippen molar-refractivity contribution in [2.24, 2.45) is 10.9 Å². The molecule has 0 saturated carbocycles. The van der Waals surface area contributed by atoms with Gasteiger partial charge in [-0.05, 0) is 0 Å². The van der Waals surface area contributed by atoms with Gasteiger partial charge >= 0.3 is 0 Å². The number of nitrogens with zero attached hydrogens (tertiary/aromatic N) is 2. The van der Waals surface area contributed by atoms with E-state index in [2.05, 4.69) is 0 Å². The lowest BCUT2D eigenvalue weighted by atomic mass is 9.87. The summed E-state index contributed by atoms with van der Waals surface area (Å²) in [6.45, 7) is 3.73. The third-order valence-electron chi connectivity index (χ3n) is 4.23. The number of rotatable bonds is 9. The lowest BCUT2D eigenvalue weighted by Crippen LogP contribution is -2.60. The van der Waals surface area contributed by atoms with Gasteiger partial charge < -0.3 is 29.1 Å². The fourth-order valence-corrected chi connectivity index (χ4v) is 3.12. The Morgan fingerprint density at radius 3 is 2.08 bits per heavy atom. The van der Waals surface area contributed by atoms with Crippen LogP contribution in [-0.4, -0.2) is 104 Å². The van der Waals surface area contributed by atoms with Crippen molar-refractivity contribution in [3.05, 3.63) is 0 Å². The number of hydroxylamine groups is 2. The standard InChI is InChI=1S/C13H28N3O7P/c14-24(19)22-11-13(9-17,10-18)12(15-1-5-20-6-2-15)23-16-3-7-21-8-4-16/h12,17-19H,1-11,14H2. The van der Waals surface area contributed by atoms with Crippen LogP contribution in [0.1, 0.15) is 0 Å². The minimum atomic E-state index is -2.09.